The fourth-order valence-corrected chi connectivity index (χ4v) is 1.76. The van der Waals surface area contributed by atoms with Gasteiger partial charge in [0.1, 0.15) is 6.10 Å². The molecular formula is C11H13NO2. The van der Waals surface area contributed by atoms with Crippen LogP contribution in [0, 0.1) is 0 Å². The molecule has 2 N–H and O–H groups in total. The number of carbonyl (C=O) groups is 1. The van der Waals surface area contributed by atoms with Crippen molar-refractivity contribution in [1.82, 2.24) is 5.32 Å². The van der Waals surface area contributed by atoms with E-state index in [1.807, 2.05) is 19.9 Å². The van der Waals surface area contributed by atoms with Gasteiger partial charge in [0, 0.05) is 5.56 Å². The lowest BCUT2D eigenvalue weighted by atomic mass is 9.84. The summed E-state index contributed by atoms with van der Waals surface area (Å²) >= 11 is 0. The molecule has 1 aliphatic rings. The highest BCUT2D eigenvalue weighted by Gasteiger charge is 2.37. The summed E-state index contributed by atoms with van der Waals surface area (Å²) in [7, 11) is 0. The van der Waals surface area contributed by atoms with Crippen LogP contribution in [0.4, 0.5) is 0 Å². The molecule has 0 fully saturated rings. The molecule has 0 spiro atoms. The Bertz CT molecular complexity index is 385. The minimum Gasteiger partial charge on any atom is -0.386 e. The van der Waals surface area contributed by atoms with Crippen molar-refractivity contribution >= 4 is 5.91 Å². The van der Waals surface area contributed by atoms with Gasteiger partial charge in [-0.15, -0.1) is 0 Å². The van der Waals surface area contributed by atoms with E-state index < -0.39 is 11.6 Å². The predicted molar refractivity (Wildman–Crippen MR) is 52.9 cm³/mol. The Morgan fingerprint density at radius 1 is 1.36 bits per heavy atom. The van der Waals surface area contributed by atoms with Crippen LogP contribution in [0.25, 0.3) is 0 Å². The van der Waals surface area contributed by atoms with E-state index in [0.717, 1.165) is 0 Å². The number of rotatable bonds is 0. The summed E-state index contributed by atoms with van der Waals surface area (Å²) < 4.78 is 0. The Kier molecular flexibility index (Phi) is 1.86. The van der Waals surface area contributed by atoms with Crippen LogP contribution in [0.1, 0.15) is 35.9 Å². The smallest absolute Gasteiger partial charge is 0.252 e. The molecule has 0 unspecified atom stereocenters. The summed E-state index contributed by atoms with van der Waals surface area (Å²) in [4.78, 5) is 11.6. The Labute approximate surface area is 82.8 Å². The van der Waals surface area contributed by atoms with E-state index in [1.54, 1.807) is 18.2 Å². The lowest BCUT2D eigenvalue weighted by Crippen LogP contribution is -2.52. The van der Waals surface area contributed by atoms with E-state index in [2.05, 4.69) is 5.32 Å². The largest absolute Gasteiger partial charge is 0.386 e. The van der Waals surface area contributed by atoms with Crippen molar-refractivity contribution in [3.05, 3.63) is 35.4 Å². The molecule has 0 saturated heterocycles. The quantitative estimate of drug-likeness (QED) is 0.648. The maximum atomic E-state index is 11.6. The lowest BCUT2D eigenvalue weighted by Gasteiger charge is -2.37. The van der Waals surface area contributed by atoms with Gasteiger partial charge in [-0.3, -0.25) is 4.79 Å². The van der Waals surface area contributed by atoms with Crippen LogP contribution in [-0.4, -0.2) is 16.6 Å². The normalized spacial score (nSPS) is 23.9. The predicted octanol–water partition coefficient (Wildman–Crippen LogP) is 1.24. The molecule has 3 nitrogen and oxygen atoms in total. The first-order chi connectivity index (χ1) is 6.52. The maximum Gasteiger partial charge on any atom is 0.252 e. The SMILES string of the molecule is CC1(C)NC(=O)c2ccccc2[C@@H]1O. The fraction of sp³-hybridized carbons (Fsp3) is 0.364. The summed E-state index contributed by atoms with van der Waals surface area (Å²) in [6.45, 7) is 3.62. The van der Waals surface area contributed by atoms with Crippen molar-refractivity contribution < 1.29 is 9.90 Å². The third-order valence-corrected chi connectivity index (χ3v) is 2.62. The van der Waals surface area contributed by atoms with Gasteiger partial charge in [-0.05, 0) is 25.5 Å². The number of aliphatic hydroxyl groups is 1. The van der Waals surface area contributed by atoms with E-state index in [4.69, 9.17) is 0 Å². The molecule has 0 saturated carbocycles. The number of benzene rings is 1. The molecule has 1 aliphatic heterocycles. The van der Waals surface area contributed by atoms with Crippen LogP contribution in [0.3, 0.4) is 0 Å². The Hall–Kier alpha value is -1.35. The van der Waals surface area contributed by atoms with Crippen molar-refractivity contribution in [1.29, 1.82) is 0 Å². The average Bonchev–Trinajstić information content (AvgIpc) is 2.14. The number of nitrogens with one attached hydrogen (secondary N) is 1. The highest BCUT2D eigenvalue weighted by Crippen LogP contribution is 2.32. The van der Waals surface area contributed by atoms with Crippen molar-refractivity contribution in [2.24, 2.45) is 0 Å². The molecule has 0 radical (unpaired) electrons. The van der Waals surface area contributed by atoms with Gasteiger partial charge in [-0.1, -0.05) is 18.2 Å². The number of fused-ring (bicyclic) bond motifs is 1. The number of carbonyl (C=O) groups excluding carboxylic acids is 1. The third-order valence-electron chi connectivity index (χ3n) is 2.62. The topological polar surface area (TPSA) is 49.3 Å². The van der Waals surface area contributed by atoms with E-state index in [1.165, 1.54) is 0 Å². The van der Waals surface area contributed by atoms with Gasteiger partial charge in [0.05, 0.1) is 5.54 Å². The molecular weight excluding hydrogens is 178 g/mol. The minimum atomic E-state index is -0.642. The number of hydrogen-bond donors (Lipinski definition) is 2. The molecule has 2 rings (SSSR count). The van der Waals surface area contributed by atoms with Crippen LogP contribution in [0.5, 0.6) is 0 Å². The van der Waals surface area contributed by atoms with E-state index >= 15 is 0 Å². The second-order valence-electron chi connectivity index (χ2n) is 4.17. The van der Waals surface area contributed by atoms with Gasteiger partial charge in [-0.2, -0.15) is 0 Å². The molecule has 74 valence electrons. The molecule has 0 aliphatic carbocycles. The summed E-state index contributed by atoms with van der Waals surface area (Å²) in [5, 5.41) is 12.8. The van der Waals surface area contributed by atoms with Crippen LogP contribution < -0.4 is 5.32 Å². The lowest BCUT2D eigenvalue weighted by molar-refractivity contribution is 0.0546. The van der Waals surface area contributed by atoms with Gasteiger partial charge in [0.15, 0.2) is 0 Å². The van der Waals surface area contributed by atoms with Crippen LogP contribution in [0.15, 0.2) is 24.3 Å². The van der Waals surface area contributed by atoms with Gasteiger partial charge in [0.25, 0.3) is 5.91 Å². The maximum absolute atomic E-state index is 11.6. The first kappa shape index (κ1) is 9.21. The number of aliphatic hydroxyl groups excluding tert-OH is 1. The fourth-order valence-electron chi connectivity index (χ4n) is 1.76. The van der Waals surface area contributed by atoms with Gasteiger partial charge in [-0.25, -0.2) is 0 Å². The molecule has 1 amide bonds. The van der Waals surface area contributed by atoms with Gasteiger partial charge >= 0.3 is 0 Å². The average molecular weight is 191 g/mol. The first-order valence-corrected chi connectivity index (χ1v) is 4.62. The summed E-state index contributed by atoms with van der Waals surface area (Å²) in [6, 6.07) is 7.14. The van der Waals surface area contributed by atoms with E-state index in [9.17, 15) is 9.90 Å². The zero-order valence-electron chi connectivity index (χ0n) is 8.24. The number of amides is 1. The van der Waals surface area contributed by atoms with Crippen molar-refractivity contribution in [3.63, 3.8) is 0 Å². The number of hydrogen-bond acceptors (Lipinski definition) is 2. The zero-order chi connectivity index (χ0) is 10.3. The van der Waals surface area contributed by atoms with Gasteiger partial charge in [0.2, 0.25) is 0 Å². The summed E-state index contributed by atoms with van der Waals surface area (Å²) in [5.74, 6) is -0.115. The highest BCUT2D eigenvalue weighted by molar-refractivity contribution is 5.97. The highest BCUT2D eigenvalue weighted by atomic mass is 16.3. The standard InChI is InChI=1S/C11H13NO2/c1-11(2)9(13)7-5-3-4-6-8(7)10(14)12-11/h3-6,9,13H,1-2H3,(H,12,14)/t9-/m0/s1. The summed E-state index contributed by atoms with van der Waals surface area (Å²) in [5.41, 5.74) is 0.686. The monoisotopic (exact) mass is 191 g/mol. The van der Waals surface area contributed by atoms with Crippen LogP contribution in [-0.2, 0) is 0 Å². The Balaban J connectivity index is 2.57. The minimum absolute atomic E-state index is 0.115. The zero-order valence-corrected chi connectivity index (χ0v) is 8.24. The van der Waals surface area contributed by atoms with Crippen LogP contribution >= 0.6 is 0 Å². The molecule has 3 heteroatoms. The van der Waals surface area contributed by atoms with Crippen molar-refractivity contribution in [3.8, 4) is 0 Å². The van der Waals surface area contributed by atoms with E-state index in [0.29, 0.717) is 11.1 Å². The van der Waals surface area contributed by atoms with Crippen molar-refractivity contribution in [2.75, 3.05) is 0 Å². The van der Waals surface area contributed by atoms with Crippen molar-refractivity contribution in [2.45, 2.75) is 25.5 Å². The molecule has 0 bridgehead atoms. The molecule has 1 aromatic carbocycles. The van der Waals surface area contributed by atoms with Crippen LogP contribution in [0.2, 0.25) is 0 Å². The molecule has 1 heterocycles. The molecule has 1 aromatic rings. The Morgan fingerprint density at radius 2 is 2.00 bits per heavy atom. The Morgan fingerprint density at radius 3 is 2.71 bits per heavy atom. The third kappa shape index (κ3) is 1.21. The van der Waals surface area contributed by atoms with Gasteiger partial charge < -0.3 is 10.4 Å². The van der Waals surface area contributed by atoms with E-state index in [-0.39, 0.29) is 5.91 Å². The molecule has 1 atom stereocenters. The molecule has 14 heavy (non-hydrogen) atoms. The second-order valence-corrected chi connectivity index (χ2v) is 4.17. The second kappa shape index (κ2) is 2.82. The molecule has 0 aromatic heterocycles. The first-order valence-electron chi connectivity index (χ1n) is 4.62. The summed E-state index contributed by atoms with van der Waals surface area (Å²) in [6.07, 6.45) is -0.642.